The fourth-order valence-electron chi connectivity index (χ4n) is 4.23. The maximum absolute atomic E-state index is 13.0. The Morgan fingerprint density at radius 1 is 1.10 bits per heavy atom. The second kappa shape index (κ2) is 9.19. The van der Waals surface area contributed by atoms with Crippen molar-refractivity contribution < 1.29 is 35.3 Å². The van der Waals surface area contributed by atoms with E-state index in [0.717, 1.165) is 26.4 Å². The number of methoxy groups -OCH3 is 1. The molecule has 166 valence electrons. The molecule has 0 fully saturated rings. The first-order valence-electron chi connectivity index (χ1n) is 9.81. The van der Waals surface area contributed by atoms with E-state index in [0.29, 0.717) is 25.7 Å². The Morgan fingerprint density at radius 2 is 1.76 bits per heavy atom. The molecule has 0 aromatic rings. The van der Waals surface area contributed by atoms with Crippen molar-refractivity contribution >= 4 is 34.5 Å². The van der Waals surface area contributed by atoms with Gasteiger partial charge in [-0.25, -0.2) is 0 Å². The number of ether oxygens (including phenoxy) is 1. The second-order valence-electron chi connectivity index (χ2n) is 8.65. The molecule has 0 saturated heterocycles. The van der Waals surface area contributed by atoms with Gasteiger partial charge in [0.25, 0.3) is 0 Å². The summed E-state index contributed by atoms with van der Waals surface area (Å²) in [6.07, 6.45) is 5.16. The number of allylic oxidation sites excluding steroid dienone is 3. The number of carbonyl (C=O) groups is 1. The third-order valence-corrected chi connectivity index (χ3v) is 13.4. The van der Waals surface area contributed by atoms with E-state index in [1.807, 2.05) is 0 Å². The van der Waals surface area contributed by atoms with Crippen LogP contribution in [0.2, 0.25) is 14.8 Å². The van der Waals surface area contributed by atoms with Gasteiger partial charge in [-0.2, -0.15) is 0 Å². The van der Waals surface area contributed by atoms with E-state index >= 15 is 0 Å². The molecule has 0 saturated carbocycles. The summed E-state index contributed by atoms with van der Waals surface area (Å²) in [5.41, 5.74) is -4.44. The van der Waals surface area contributed by atoms with Crippen molar-refractivity contribution in [3.05, 3.63) is 20.5 Å². The minimum absolute atomic E-state index is 0.0951. The van der Waals surface area contributed by atoms with Gasteiger partial charge in [-0.1, -0.05) is 0 Å². The average molecular weight is 545 g/mol. The van der Waals surface area contributed by atoms with Gasteiger partial charge in [-0.15, -0.1) is 0 Å². The minimum atomic E-state index is -5.87. The Bertz CT molecular complexity index is 807. The van der Waals surface area contributed by atoms with Crippen LogP contribution >= 0.6 is 0 Å². The van der Waals surface area contributed by atoms with Gasteiger partial charge >= 0.3 is 175 Å². The summed E-state index contributed by atoms with van der Waals surface area (Å²) in [5, 5.41) is 0. The van der Waals surface area contributed by atoms with Crippen molar-refractivity contribution in [3.8, 4) is 0 Å². The first-order valence-corrected chi connectivity index (χ1v) is 21.2. The summed E-state index contributed by atoms with van der Waals surface area (Å²) < 4.78 is 73.3. The molecule has 1 atom stereocenters. The summed E-state index contributed by atoms with van der Waals surface area (Å²) in [7, 11) is -4.74. The van der Waals surface area contributed by atoms with Gasteiger partial charge in [0.15, 0.2) is 0 Å². The van der Waals surface area contributed by atoms with E-state index in [1.165, 1.54) is 9.16 Å². The number of hydrogen-bond donors (Lipinski definition) is 0. The molecule has 0 bridgehead atoms. The van der Waals surface area contributed by atoms with Crippen LogP contribution in [0.4, 0.5) is 13.2 Å². The zero-order valence-corrected chi connectivity index (χ0v) is 21.0. The van der Waals surface area contributed by atoms with Crippen molar-refractivity contribution in [2.24, 2.45) is 5.92 Å². The van der Waals surface area contributed by atoms with Crippen molar-refractivity contribution in [2.75, 3.05) is 7.11 Å². The third kappa shape index (κ3) is 5.92. The van der Waals surface area contributed by atoms with Crippen LogP contribution in [0.1, 0.15) is 51.4 Å². The predicted molar refractivity (Wildman–Crippen MR) is 106 cm³/mol. The molecule has 0 heterocycles. The van der Waals surface area contributed by atoms with Gasteiger partial charge in [-0.3, -0.25) is 0 Å². The maximum atomic E-state index is 13.0. The number of esters is 1. The van der Waals surface area contributed by atoms with Crippen LogP contribution in [0.25, 0.3) is 0 Å². The third-order valence-electron chi connectivity index (χ3n) is 5.54. The molecule has 1 unspecified atom stereocenters. The second-order valence-corrected chi connectivity index (χ2v) is 24.8. The van der Waals surface area contributed by atoms with Crippen molar-refractivity contribution in [1.82, 2.24) is 0 Å². The normalized spacial score (nSPS) is 22.0. The van der Waals surface area contributed by atoms with E-state index in [1.54, 1.807) is 0 Å². The molecular formula is C19H29F3O5SSn. The van der Waals surface area contributed by atoms with E-state index < -0.39 is 45.9 Å². The molecule has 2 aliphatic carbocycles. The van der Waals surface area contributed by atoms with Crippen LogP contribution < -0.4 is 0 Å². The number of carbonyl (C=O) groups excluding carboxylic acids is 1. The van der Waals surface area contributed by atoms with Gasteiger partial charge < -0.3 is 0 Å². The van der Waals surface area contributed by atoms with E-state index in [4.69, 9.17) is 4.74 Å². The van der Waals surface area contributed by atoms with Crippen molar-refractivity contribution in [1.29, 1.82) is 0 Å². The molecule has 0 aromatic heterocycles. The van der Waals surface area contributed by atoms with Crippen LogP contribution in [0, 0.1) is 5.92 Å². The summed E-state index contributed by atoms with van der Waals surface area (Å²) in [5.74, 6) is -1.80. The number of hydrogen-bond acceptors (Lipinski definition) is 5. The summed E-state index contributed by atoms with van der Waals surface area (Å²) >= 11 is -2.37. The SMILES string of the molecule is COC(=O)C1=C(OS(=O)(=O)C(F)(F)F)C(CC2=[C]([Sn]([CH3])([CH3])[CH3])CCC2)CCCC1. The Kier molecular flexibility index (Phi) is 7.79. The topological polar surface area (TPSA) is 69.7 Å². The van der Waals surface area contributed by atoms with Gasteiger partial charge in [0.2, 0.25) is 0 Å². The van der Waals surface area contributed by atoms with E-state index in [-0.39, 0.29) is 17.8 Å². The Hall–Kier alpha value is -0.711. The Balaban J connectivity index is 2.51. The fourth-order valence-corrected chi connectivity index (χ4v) is 11.1. The van der Waals surface area contributed by atoms with E-state index in [2.05, 4.69) is 19.0 Å². The summed E-state index contributed by atoms with van der Waals surface area (Å²) in [6.45, 7) is 0. The molecule has 0 aromatic carbocycles. The molecule has 10 heteroatoms. The van der Waals surface area contributed by atoms with Crippen molar-refractivity contribution in [3.63, 3.8) is 0 Å². The summed E-state index contributed by atoms with van der Waals surface area (Å²) in [6, 6.07) is 0. The molecule has 2 aliphatic rings. The van der Waals surface area contributed by atoms with Crippen LogP contribution in [0.3, 0.4) is 0 Å². The quantitative estimate of drug-likeness (QED) is 0.198. The van der Waals surface area contributed by atoms with E-state index in [9.17, 15) is 26.4 Å². The monoisotopic (exact) mass is 546 g/mol. The number of alkyl halides is 3. The van der Waals surface area contributed by atoms with Crippen LogP contribution in [0.5, 0.6) is 0 Å². The van der Waals surface area contributed by atoms with Gasteiger partial charge in [0, 0.05) is 0 Å². The molecule has 2 rings (SSSR count). The van der Waals surface area contributed by atoms with Gasteiger partial charge in [0.05, 0.1) is 0 Å². The Labute approximate surface area is 174 Å². The van der Waals surface area contributed by atoms with Crippen molar-refractivity contribution in [2.45, 2.75) is 71.7 Å². The Morgan fingerprint density at radius 3 is 2.31 bits per heavy atom. The molecule has 29 heavy (non-hydrogen) atoms. The van der Waals surface area contributed by atoms with Crippen LogP contribution in [-0.2, 0) is 23.8 Å². The standard InChI is InChI=1S/C16H20F3O5S.3CH3.Sn/c1-23-15(20)13-9-5-4-8-12(10-11-6-2-3-7-11)14(13)24-25(21,22)16(17,18)19;;;;/h12H,2-6,8-10H2,1H3;3*1H3;. The molecule has 0 radical (unpaired) electrons. The molecule has 0 amide bonds. The zero-order valence-electron chi connectivity index (χ0n) is 17.3. The predicted octanol–water partition coefficient (Wildman–Crippen LogP) is 5.22. The average Bonchev–Trinajstić information content (AvgIpc) is 2.98. The van der Waals surface area contributed by atoms with Crippen LogP contribution in [-0.4, -0.2) is 45.4 Å². The zero-order chi connectivity index (χ0) is 22.0. The first kappa shape index (κ1) is 24.6. The first-order chi connectivity index (χ1) is 13.3. The number of rotatable bonds is 6. The van der Waals surface area contributed by atoms with Gasteiger partial charge in [0.1, 0.15) is 0 Å². The molecule has 0 aliphatic heterocycles. The van der Waals surface area contributed by atoms with Crippen LogP contribution in [0.15, 0.2) is 20.5 Å². The molecule has 0 spiro atoms. The molecule has 0 N–H and O–H groups in total. The van der Waals surface area contributed by atoms with Gasteiger partial charge in [-0.05, 0) is 0 Å². The molecular weight excluding hydrogens is 516 g/mol. The molecule has 5 nitrogen and oxygen atoms in total. The summed E-state index contributed by atoms with van der Waals surface area (Å²) in [4.78, 5) is 19.1. The fraction of sp³-hybridized carbons (Fsp3) is 0.737. The number of halogens is 3.